The van der Waals surface area contributed by atoms with Crippen LogP contribution in [0.25, 0.3) is 0 Å². The van der Waals surface area contributed by atoms with Gasteiger partial charge in [0.2, 0.25) is 5.91 Å². The fourth-order valence-electron chi connectivity index (χ4n) is 1.44. The zero-order valence-corrected chi connectivity index (χ0v) is 11.4. The van der Waals surface area contributed by atoms with Gasteiger partial charge < -0.3 is 10.2 Å². The molecule has 18 heavy (non-hydrogen) atoms. The molecule has 0 saturated carbocycles. The molecule has 1 atom stereocenters. The monoisotopic (exact) mass is 248 g/mol. The van der Waals surface area contributed by atoms with Crippen molar-refractivity contribution in [3.05, 3.63) is 29.8 Å². The Morgan fingerprint density at radius 2 is 2.00 bits per heavy atom. The summed E-state index contributed by atoms with van der Waals surface area (Å²) < 4.78 is 0. The second-order valence-corrected chi connectivity index (χ2v) is 4.58. The first-order valence-corrected chi connectivity index (χ1v) is 6.08. The zero-order valence-electron chi connectivity index (χ0n) is 11.4. The molecule has 4 heteroatoms. The van der Waals surface area contributed by atoms with Crippen molar-refractivity contribution in [1.29, 1.82) is 0 Å². The molecule has 1 aromatic carbocycles. The molecule has 0 heterocycles. The summed E-state index contributed by atoms with van der Waals surface area (Å²) in [5.74, 6) is -0.125. The van der Waals surface area contributed by atoms with Crippen molar-refractivity contribution in [2.45, 2.75) is 20.3 Å². The van der Waals surface area contributed by atoms with Gasteiger partial charge in [0.25, 0.3) is 5.91 Å². The van der Waals surface area contributed by atoms with Crippen LogP contribution in [0.15, 0.2) is 24.3 Å². The molecule has 4 nitrogen and oxygen atoms in total. The standard InChI is InChI=1S/C14H20N2O2/c1-5-10(2)13(17)15-12-8-6-7-11(9-12)14(18)16(3)4/h6-10H,5H2,1-4H3,(H,15,17)/t10-/m0/s1. The van der Waals surface area contributed by atoms with E-state index >= 15 is 0 Å². The topological polar surface area (TPSA) is 49.4 Å². The first kappa shape index (κ1) is 14.2. The van der Waals surface area contributed by atoms with Gasteiger partial charge in [0.1, 0.15) is 0 Å². The van der Waals surface area contributed by atoms with Crippen molar-refractivity contribution < 1.29 is 9.59 Å². The summed E-state index contributed by atoms with van der Waals surface area (Å²) >= 11 is 0. The average molecular weight is 248 g/mol. The first-order chi connectivity index (χ1) is 8.45. The van der Waals surface area contributed by atoms with Crippen LogP contribution in [0.1, 0.15) is 30.6 Å². The number of amides is 2. The van der Waals surface area contributed by atoms with E-state index in [0.717, 1.165) is 6.42 Å². The van der Waals surface area contributed by atoms with E-state index in [1.165, 1.54) is 4.90 Å². The van der Waals surface area contributed by atoms with Crippen LogP contribution in [0.5, 0.6) is 0 Å². The fourth-order valence-corrected chi connectivity index (χ4v) is 1.44. The Morgan fingerprint density at radius 3 is 2.56 bits per heavy atom. The van der Waals surface area contributed by atoms with Crippen LogP contribution in [-0.4, -0.2) is 30.8 Å². The largest absolute Gasteiger partial charge is 0.345 e. The molecule has 0 aliphatic heterocycles. The molecule has 0 bridgehead atoms. The summed E-state index contributed by atoms with van der Waals surface area (Å²) in [5, 5.41) is 2.82. The molecule has 0 spiro atoms. The van der Waals surface area contributed by atoms with Gasteiger partial charge in [0, 0.05) is 31.3 Å². The summed E-state index contributed by atoms with van der Waals surface area (Å²) in [7, 11) is 3.40. The number of nitrogens with one attached hydrogen (secondary N) is 1. The maximum Gasteiger partial charge on any atom is 0.253 e. The van der Waals surface area contributed by atoms with Crippen molar-refractivity contribution in [2.75, 3.05) is 19.4 Å². The predicted octanol–water partition coefficient (Wildman–Crippen LogP) is 2.37. The number of hydrogen-bond acceptors (Lipinski definition) is 2. The third-order valence-corrected chi connectivity index (χ3v) is 2.84. The lowest BCUT2D eigenvalue weighted by Crippen LogP contribution is -2.22. The number of nitrogens with zero attached hydrogens (tertiary/aromatic N) is 1. The lowest BCUT2D eigenvalue weighted by atomic mass is 10.1. The van der Waals surface area contributed by atoms with Gasteiger partial charge in [0.05, 0.1) is 0 Å². The number of carbonyl (C=O) groups excluding carboxylic acids is 2. The Morgan fingerprint density at radius 1 is 1.33 bits per heavy atom. The first-order valence-electron chi connectivity index (χ1n) is 6.08. The highest BCUT2D eigenvalue weighted by Gasteiger charge is 2.12. The van der Waals surface area contributed by atoms with Crippen molar-refractivity contribution >= 4 is 17.5 Å². The third-order valence-electron chi connectivity index (χ3n) is 2.84. The minimum absolute atomic E-state index is 0.0213. The Bertz CT molecular complexity index is 441. The Labute approximate surface area is 108 Å². The van der Waals surface area contributed by atoms with Crippen LogP contribution in [0.4, 0.5) is 5.69 Å². The number of benzene rings is 1. The van der Waals surface area contributed by atoms with Gasteiger partial charge in [-0.05, 0) is 24.6 Å². The second kappa shape index (κ2) is 6.19. The summed E-state index contributed by atoms with van der Waals surface area (Å²) in [6.07, 6.45) is 0.794. The molecule has 0 radical (unpaired) electrons. The molecule has 1 N–H and O–H groups in total. The molecule has 2 amide bonds. The molecule has 0 aromatic heterocycles. The number of hydrogen-bond donors (Lipinski definition) is 1. The fraction of sp³-hybridized carbons (Fsp3) is 0.429. The lowest BCUT2D eigenvalue weighted by Gasteiger charge is -2.13. The molecule has 0 aliphatic rings. The molecule has 0 saturated heterocycles. The SMILES string of the molecule is CC[C@H](C)C(=O)Nc1cccc(C(=O)N(C)C)c1. The zero-order chi connectivity index (χ0) is 13.7. The minimum Gasteiger partial charge on any atom is -0.345 e. The molecule has 0 unspecified atom stereocenters. The van der Waals surface area contributed by atoms with Crippen molar-refractivity contribution in [2.24, 2.45) is 5.92 Å². The average Bonchev–Trinajstić information content (AvgIpc) is 2.36. The maximum absolute atomic E-state index is 11.8. The Hall–Kier alpha value is -1.84. The van der Waals surface area contributed by atoms with Crippen LogP contribution in [0, 0.1) is 5.92 Å². The predicted molar refractivity (Wildman–Crippen MR) is 72.5 cm³/mol. The van der Waals surface area contributed by atoms with Crippen molar-refractivity contribution in [1.82, 2.24) is 4.90 Å². The van der Waals surface area contributed by atoms with Gasteiger partial charge in [-0.1, -0.05) is 19.9 Å². The van der Waals surface area contributed by atoms with Gasteiger partial charge in [-0.3, -0.25) is 9.59 Å². The van der Waals surface area contributed by atoms with Crippen LogP contribution in [0.3, 0.4) is 0 Å². The normalized spacial score (nSPS) is 11.8. The van der Waals surface area contributed by atoms with E-state index in [1.54, 1.807) is 38.4 Å². The molecular formula is C14H20N2O2. The molecule has 98 valence electrons. The number of anilines is 1. The Kier molecular flexibility index (Phi) is 4.89. The smallest absolute Gasteiger partial charge is 0.253 e. The van der Waals surface area contributed by atoms with Crippen molar-refractivity contribution in [3.8, 4) is 0 Å². The maximum atomic E-state index is 11.8. The lowest BCUT2D eigenvalue weighted by molar-refractivity contribution is -0.119. The van der Waals surface area contributed by atoms with Crippen molar-refractivity contribution in [3.63, 3.8) is 0 Å². The van der Waals surface area contributed by atoms with E-state index in [2.05, 4.69) is 5.32 Å². The van der Waals surface area contributed by atoms with Gasteiger partial charge in [-0.25, -0.2) is 0 Å². The van der Waals surface area contributed by atoms with E-state index in [-0.39, 0.29) is 17.7 Å². The minimum atomic E-state index is -0.0744. The quantitative estimate of drug-likeness (QED) is 0.889. The second-order valence-electron chi connectivity index (χ2n) is 4.58. The van der Waals surface area contributed by atoms with E-state index in [0.29, 0.717) is 11.3 Å². The highest BCUT2D eigenvalue weighted by atomic mass is 16.2. The van der Waals surface area contributed by atoms with Gasteiger partial charge in [0.15, 0.2) is 0 Å². The van der Waals surface area contributed by atoms with E-state index in [1.807, 2.05) is 13.8 Å². The molecule has 0 fully saturated rings. The van der Waals surface area contributed by atoms with E-state index in [4.69, 9.17) is 0 Å². The molecule has 1 aromatic rings. The summed E-state index contributed by atoms with van der Waals surface area (Å²) in [6.45, 7) is 3.85. The van der Waals surface area contributed by atoms with Gasteiger partial charge >= 0.3 is 0 Å². The summed E-state index contributed by atoms with van der Waals surface area (Å²) in [4.78, 5) is 25.0. The van der Waals surface area contributed by atoms with Crippen LogP contribution in [0.2, 0.25) is 0 Å². The van der Waals surface area contributed by atoms with Gasteiger partial charge in [-0.15, -0.1) is 0 Å². The van der Waals surface area contributed by atoms with Gasteiger partial charge in [-0.2, -0.15) is 0 Å². The summed E-state index contributed by atoms with van der Waals surface area (Å²) in [5.41, 5.74) is 1.23. The van der Waals surface area contributed by atoms with E-state index < -0.39 is 0 Å². The third kappa shape index (κ3) is 3.58. The van der Waals surface area contributed by atoms with Crippen LogP contribution in [-0.2, 0) is 4.79 Å². The highest BCUT2D eigenvalue weighted by molar-refractivity contribution is 5.97. The van der Waals surface area contributed by atoms with Crippen LogP contribution < -0.4 is 5.32 Å². The van der Waals surface area contributed by atoms with E-state index in [9.17, 15) is 9.59 Å². The highest BCUT2D eigenvalue weighted by Crippen LogP contribution is 2.14. The summed E-state index contributed by atoms with van der Waals surface area (Å²) in [6, 6.07) is 6.99. The Balaban J connectivity index is 2.83. The molecule has 1 rings (SSSR count). The number of carbonyl (C=O) groups is 2. The molecule has 0 aliphatic carbocycles. The molecular weight excluding hydrogens is 228 g/mol. The number of rotatable bonds is 4. The van der Waals surface area contributed by atoms with Crippen LogP contribution >= 0.6 is 0 Å².